The minimum Gasteiger partial charge on any atom is -0.478 e. The van der Waals surface area contributed by atoms with E-state index < -0.39 is 11.8 Å². The minimum absolute atomic E-state index is 0.0619. The van der Waals surface area contributed by atoms with E-state index in [9.17, 15) is 9.18 Å². The third kappa shape index (κ3) is 3.03. The summed E-state index contributed by atoms with van der Waals surface area (Å²) in [5.41, 5.74) is 5.92. The molecule has 0 aliphatic heterocycles. The average molecular weight is 326 g/mol. The van der Waals surface area contributed by atoms with Crippen molar-refractivity contribution in [3.8, 4) is 11.5 Å². The standard InChI is InChI=1S/C13H9BrFNO3/c14-9-3-2-8(6-10(9)15)19-12-4-1-7(13(17)18)5-11(12)16/h1-6H,16H2,(H,17,18). The van der Waals surface area contributed by atoms with Crippen LogP contribution in [0, 0.1) is 5.82 Å². The quantitative estimate of drug-likeness (QED) is 0.844. The van der Waals surface area contributed by atoms with E-state index in [0.29, 0.717) is 4.47 Å². The van der Waals surface area contributed by atoms with Crippen LogP contribution in [0.15, 0.2) is 40.9 Å². The van der Waals surface area contributed by atoms with E-state index in [1.807, 2.05) is 0 Å². The zero-order valence-corrected chi connectivity index (χ0v) is 11.1. The summed E-state index contributed by atoms with van der Waals surface area (Å²) in [7, 11) is 0. The van der Waals surface area contributed by atoms with Crippen molar-refractivity contribution in [2.45, 2.75) is 0 Å². The van der Waals surface area contributed by atoms with Crippen LogP contribution in [0.2, 0.25) is 0 Å². The van der Waals surface area contributed by atoms with Gasteiger partial charge in [-0.1, -0.05) is 0 Å². The first kappa shape index (κ1) is 13.4. The van der Waals surface area contributed by atoms with Crippen LogP contribution in [0.3, 0.4) is 0 Å². The molecule has 0 fully saturated rings. The number of nitrogen functional groups attached to an aromatic ring is 1. The Bertz CT molecular complexity index is 646. The smallest absolute Gasteiger partial charge is 0.335 e. The maximum atomic E-state index is 13.3. The van der Waals surface area contributed by atoms with Gasteiger partial charge in [0.2, 0.25) is 0 Å². The van der Waals surface area contributed by atoms with Crippen molar-refractivity contribution in [2.24, 2.45) is 0 Å². The van der Waals surface area contributed by atoms with Gasteiger partial charge in [0.15, 0.2) is 0 Å². The van der Waals surface area contributed by atoms with Crippen LogP contribution < -0.4 is 10.5 Å². The number of nitrogens with two attached hydrogens (primary N) is 1. The molecule has 0 spiro atoms. The molecule has 0 atom stereocenters. The molecule has 6 heteroatoms. The highest BCUT2D eigenvalue weighted by atomic mass is 79.9. The SMILES string of the molecule is Nc1cc(C(=O)O)ccc1Oc1ccc(Br)c(F)c1. The van der Waals surface area contributed by atoms with E-state index in [1.54, 1.807) is 6.07 Å². The van der Waals surface area contributed by atoms with Gasteiger partial charge in [-0.25, -0.2) is 9.18 Å². The number of anilines is 1. The maximum Gasteiger partial charge on any atom is 0.335 e. The number of carboxylic acid groups (broad SMARTS) is 1. The Kier molecular flexibility index (Phi) is 3.71. The second-order valence-electron chi connectivity index (χ2n) is 3.74. The molecule has 3 N–H and O–H groups in total. The number of benzene rings is 2. The van der Waals surface area contributed by atoms with Gasteiger partial charge in [-0.2, -0.15) is 0 Å². The molecule has 19 heavy (non-hydrogen) atoms. The molecule has 98 valence electrons. The van der Waals surface area contributed by atoms with Crippen molar-refractivity contribution < 1.29 is 19.0 Å². The van der Waals surface area contributed by atoms with Gasteiger partial charge in [-0.15, -0.1) is 0 Å². The third-order valence-corrected chi connectivity index (χ3v) is 3.02. The lowest BCUT2D eigenvalue weighted by atomic mass is 10.2. The number of carbonyl (C=O) groups is 1. The fraction of sp³-hybridized carbons (Fsp3) is 0. The van der Waals surface area contributed by atoms with Crippen LogP contribution in [0.1, 0.15) is 10.4 Å². The van der Waals surface area contributed by atoms with E-state index in [1.165, 1.54) is 30.3 Å². The minimum atomic E-state index is -1.08. The largest absolute Gasteiger partial charge is 0.478 e. The van der Waals surface area contributed by atoms with Crippen molar-refractivity contribution in [1.82, 2.24) is 0 Å². The monoisotopic (exact) mass is 325 g/mol. The molecule has 0 amide bonds. The molecule has 0 aliphatic rings. The highest BCUT2D eigenvalue weighted by Gasteiger charge is 2.09. The summed E-state index contributed by atoms with van der Waals surface area (Å²) in [6, 6.07) is 8.35. The Morgan fingerprint density at radius 1 is 1.26 bits per heavy atom. The van der Waals surface area contributed by atoms with Crippen molar-refractivity contribution >= 4 is 27.6 Å². The number of halogens is 2. The van der Waals surface area contributed by atoms with Crippen molar-refractivity contribution in [1.29, 1.82) is 0 Å². The highest BCUT2D eigenvalue weighted by Crippen LogP contribution is 2.30. The molecule has 0 radical (unpaired) electrons. The Balaban J connectivity index is 2.28. The van der Waals surface area contributed by atoms with Crippen LogP contribution in [-0.4, -0.2) is 11.1 Å². The second-order valence-corrected chi connectivity index (χ2v) is 4.59. The highest BCUT2D eigenvalue weighted by molar-refractivity contribution is 9.10. The molecular weight excluding hydrogens is 317 g/mol. The number of hydrogen-bond donors (Lipinski definition) is 2. The number of hydrogen-bond acceptors (Lipinski definition) is 3. The van der Waals surface area contributed by atoms with E-state index >= 15 is 0 Å². The van der Waals surface area contributed by atoms with Gasteiger partial charge in [0.05, 0.1) is 15.7 Å². The van der Waals surface area contributed by atoms with Gasteiger partial charge in [-0.3, -0.25) is 0 Å². The summed E-state index contributed by atoms with van der Waals surface area (Å²) in [4.78, 5) is 10.8. The predicted molar refractivity (Wildman–Crippen MR) is 72.0 cm³/mol. The average Bonchev–Trinajstić information content (AvgIpc) is 2.36. The Morgan fingerprint density at radius 3 is 2.58 bits per heavy atom. The van der Waals surface area contributed by atoms with Crippen molar-refractivity contribution in [3.05, 3.63) is 52.3 Å². The van der Waals surface area contributed by atoms with Crippen LogP contribution in [0.25, 0.3) is 0 Å². The lowest BCUT2D eigenvalue weighted by Gasteiger charge is -2.09. The van der Waals surface area contributed by atoms with Crippen LogP contribution >= 0.6 is 15.9 Å². The van der Waals surface area contributed by atoms with Crippen molar-refractivity contribution in [2.75, 3.05) is 5.73 Å². The van der Waals surface area contributed by atoms with Gasteiger partial charge in [0.25, 0.3) is 0 Å². The lowest BCUT2D eigenvalue weighted by molar-refractivity contribution is 0.0697. The molecule has 0 saturated heterocycles. The molecular formula is C13H9BrFNO3. The third-order valence-electron chi connectivity index (χ3n) is 2.38. The Hall–Kier alpha value is -2.08. The summed E-state index contributed by atoms with van der Waals surface area (Å²) in [5.74, 6) is -0.992. The summed E-state index contributed by atoms with van der Waals surface area (Å²) >= 11 is 3.03. The zero-order valence-electron chi connectivity index (χ0n) is 9.56. The number of ether oxygens (including phenoxy) is 1. The fourth-order valence-corrected chi connectivity index (χ4v) is 1.69. The molecule has 2 aromatic carbocycles. The van der Waals surface area contributed by atoms with Crippen LogP contribution in [0.4, 0.5) is 10.1 Å². The van der Waals surface area contributed by atoms with E-state index in [4.69, 9.17) is 15.6 Å². The lowest BCUT2D eigenvalue weighted by Crippen LogP contribution is -1.99. The van der Waals surface area contributed by atoms with Gasteiger partial charge in [0, 0.05) is 6.07 Å². The summed E-state index contributed by atoms with van der Waals surface area (Å²) < 4.78 is 19.0. The van der Waals surface area contributed by atoms with Crippen LogP contribution in [0.5, 0.6) is 11.5 Å². The Labute approximate surface area is 116 Å². The molecule has 0 aromatic heterocycles. The van der Waals surface area contributed by atoms with Gasteiger partial charge in [-0.05, 0) is 46.3 Å². The van der Waals surface area contributed by atoms with Gasteiger partial charge >= 0.3 is 5.97 Å². The van der Waals surface area contributed by atoms with E-state index in [0.717, 1.165) is 0 Å². The molecule has 2 aromatic rings. The summed E-state index contributed by atoms with van der Waals surface area (Å²) in [5, 5.41) is 8.81. The molecule has 2 rings (SSSR count). The Morgan fingerprint density at radius 2 is 2.00 bits per heavy atom. The maximum absolute atomic E-state index is 13.3. The summed E-state index contributed by atoms with van der Waals surface area (Å²) in [6.07, 6.45) is 0. The van der Waals surface area contributed by atoms with Crippen LogP contribution in [-0.2, 0) is 0 Å². The van der Waals surface area contributed by atoms with Crippen molar-refractivity contribution in [3.63, 3.8) is 0 Å². The second kappa shape index (κ2) is 5.27. The van der Waals surface area contributed by atoms with Gasteiger partial charge in [0.1, 0.15) is 17.3 Å². The topological polar surface area (TPSA) is 72.6 Å². The number of aromatic carboxylic acids is 1. The first-order chi connectivity index (χ1) is 8.97. The van der Waals surface area contributed by atoms with E-state index in [-0.39, 0.29) is 22.7 Å². The molecule has 0 bridgehead atoms. The first-order valence-corrected chi connectivity index (χ1v) is 6.02. The first-order valence-electron chi connectivity index (χ1n) is 5.23. The zero-order chi connectivity index (χ0) is 14.0. The molecule has 0 saturated carbocycles. The predicted octanol–water partition coefficient (Wildman–Crippen LogP) is 3.66. The molecule has 0 aliphatic carbocycles. The summed E-state index contributed by atoms with van der Waals surface area (Å²) in [6.45, 7) is 0. The normalized spacial score (nSPS) is 10.2. The molecule has 0 heterocycles. The number of rotatable bonds is 3. The number of carboxylic acids is 1. The molecule has 4 nitrogen and oxygen atoms in total. The van der Waals surface area contributed by atoms with E-state index in [2.05, 4.69) is 15.9 Å². The van der Waals surface area contributed by atoms with Gasteiger partial charge < -0.3 is 15.6 Å². The fourth-order valence-electron chi connectivity index (χ4n) is 1.44. The molecule has 0 unspecified atom stereocenters.